The molecule has 1 aliphatic rings. The van der Waals surface area contributed by atoms with E-state index in [-0.39, 0.29) is 24.0 Å². The van der Waals surface area contributed by atoms with Crippen LogP contribution < -0.4 is 5.32 Å². The fourth-order valence-corrected chi connectivity index (χ4v) is 3.20. The zero-order chi connectivity index (χ0) is 15.4. The highest BCUT2D eigenvalue weighted by atomic mass is 79.9. The van der Waals surface area contributed by atoms with Crippen molar-refractivity contribution in [3.63, 3.8) is 0 Å². The molecule has 0 spiro atoms. The summed E-state index contributed by atoms with van der Waals surface area (Å²) in [6, 6.07) is 4.27. The molecule has 122 valence electrons. The molecule has 22 heavy (non-hydrogen) atoms. The van der Waals surface area contributed by atoms with Gasteiger partial charge in [0, 0.05) is 29.7 Å². The van der Waals surface area contributed by atoms with Crippen molar-refractivity contribution in [2.75, 3.05) is 26.7 Å². The second kappa shape index (κ2) is 8.45. The number of carbonyl (C=O) groups excluding carboxylic acids is 1. The molecule has 0 aromatic heterocycles. The fourth-order valence-electron chi connectivity index (χ4n) is 2.67. The van der Waals surface area contributed by atoms with E-state index in [4.69, 9.17) is 0 Å². The summed E-state index contributed by atoms with van der Waals surface area (Å²) in [5.41, 5.74) is 0.454. The van der Waals surface area contributed by atoms with Crippen LogP contribution in [0.5, 0.6) is 0 Å². The van der Waals surface area contributed by atoms with Gasteiger partial charge >= 0.3 is 0 Å². The summed E-state index contributed by atoms with van der Waals surface area (Å²) in [5.74, 6) is 0.391. The summed E-state index contributed by atoms with van der Waals surface area (Å²) in [5, 5.41) is 13.9. The third-order valence-corrected chi connectivity index (χ3v) is 4.35. The number of non-ortho nitro benzene ring substituents is 1. The average Bonchev–Trinajstić information content (AvgIpc) is 2.47. The van der Waals surface area contributed by atoms with Crippen LogP contribution in [0.15, 0.2) is 22.7 Å². The molecule has 1 aromatic carbocycles. The summed E-state index contributed by atoms with van der Waals surface area (Å²) in [7, 11) is 1.91. The second-order valence-electron chi connectivity index (χ2n) is 5.24. The third kappa shape index (κ3) is 4.41. The average molecular weight is 393 g/mol. The van der Waals surface area contributed by atoms with Gasteiger partial charge in [-0.2, -0.15) is 0 Å². The van der Waals surface area contributed by atoms with E-state index in [1.807, 2.05) is 11.9 Å². The number of halogens is 2. The number of benzene rings is 1. The molecule has 1 fully saturated rings. The maximum atomic E-state index is 12.6. The highest BCUT2D eigenvalue weighted by Gasteiger charge is 2.25. The number of carbonyl (C=O) groups is 1. The van der Waals surface area contributed by atoms with E-state index < -0.39 is 4.92 Å². The van der Waals surface area contributed by atoms with Crippen molar-refractivity contribution in [2.24, 2.45) is 5.92 Å². The van der Waals surface area contributed by atoms with Crippen LogP contribution in [0.2, 0.25) is 0 Å². The summed E-state index contributed by atoms with van der Waals surface area (Å²) in [6.07, 6.45) is 2.11. The Kier molecular flexibility index (Phi) is 7.25. The lowest BCUT2D eigenvalue weighted by molar-refractivity contribution is -0.384. The van der Waals surface area contributed by atoms with Crippen molar-refractivity contribution in [2.45, 2.75) is 12.8 Å². The Labute approximate surface area is 143 Å². The van der Waals surface area contributed by atoms with Crippen LogP contribution in [0.25, 0.3) is 0 Å². The highest BCUT2D eigenvalue weighted by Crippen LogP contribution is 2.26. The minimum atomic E-state index is -0.469. The molecule has 8 heteroatoms. The van der Waals surface area contributed by atoms with Gasteiger partial charge < -0.3 is 10.2 Å². The molecule has 0 saturated carbocycles. The molecule has 6 nitrogen and oxygen atoms in total. The summed E-state index contributed by atoms with van der Waals surface area (Å²) in [4.78, 5) is 24.7. The van der Waals surface area contributed by atoms with E-state index in [2.05, 4.69) is 21.2 Å². The Bertz CT molecular complexity index is 554. The van der Waals surface area contributed by atoms with Crippen LogP contribution in [0.1, 0.15) is 23.2 Å². The molecule has 1 unspecified atom stereocenters. The van der Waals surface area contributed by atoms with Crippen molar-refractivity contribution in [3.05, 3.63) is 38.3 Å². The van der Waals surface area contributed by atoms with Crippen LogP contribution in [0.3, 0.4) is 0 Å². The smallest absolute Gasteiger partial charge is 0.270 e. The first-order chi connectivity index (χ1) is 10.0. The second-order valence-corrected chi connectivity index (χ2v) is 6.09. The Morgan fingerprint density at radius 1 is 1.55 bits per heavy atom. The molecule has 0 aliphatic carbocycles. The SMILES string of the molecule is CNCC1CCCN(C(=O)c2ccc([N+](=O)[O-])cc2Br)C1.Cl. The van der Waals surface area contributed by atoms with Gasteiger partial charge in [-0.25, -0.2) is 0 Å². The van der Waals surface area contributed by atoms with Crippen molar-refractivity contribution in [3.8, 4) is 0 Å². The predicted octanol–water partition coefficient (Wildman–Crippen LogP) is 2.85. The van der Waals surface area contributed by atoms with Gasteiger partial charge in [0.15, 0.2) is 0 Å². The molecule has 0 bridgehead atoms. The molecule has 1 saturated heterocycles. The van der Waals surface area contributed by atoms with Crippen molar-refractivity contribution in [1.82, 2.24) is 10.2 Å². The number of nitro groups is 1. The van der Waals surface area contributed by atoms with Crippen LogP contribution in [0, 0.1) is 16.0 Å². The molecule has 1 atom stereocenters. The molecule has 1 N–H and O–H groups in total. The van der Waals surface area contributed by atoms with Gasteiger partial charge in [-0.05, 0) is 54.3 Å². The first-order valence-electron chi connectivity index (χ1n) is 6.90. The number of nitrogens with zero attached hydrogens (tertiary/aromatic N) is 2. The highest BCUT2D eigenvalue weighted by molar-refractivity contribution is 9.10. The van der Waals surface area contributed by atoms with Crippen molar-refractivity contribution in [1.29, 1.82) is 0 Å². The van der Waals surface area contributed by atoms with Gasteiger partial charge in [-0.15, -0.1) is 12.4 Å². The summed E-state index contributed by atoms with van der Waals surface area (Å²) in [6.45, 7) is 2.36. The molecule has 1 aromatic rings. The maximum Gasteiger partial charge on any atom is 0.270 e. The Hall–Kier alpha value is -1.18. The standard InChI is InChI=1S/C14H18BrN3O3.ClH/c1-16-8-10-3-2-6-17(9-10)14(19)12-5-4-11(18(20)21)7-13(12)15;/h4-5,7,10,16H,2-3,6,8-9H2,1H3;1H. The van der Waals surface area contributed by atoms with Crippen LogP contribution in [-0.4, -0.2) is 42.4 Å². The topological polar surface area (TPSA) is 75.5 Å². The molecule has 1 amide bonds. The summed E-state index contributed by atoms with van der Waals surface area (Å²) < 4.78 is 0.470. The number of piperidine rings is 1. The quantitative estimate of drug-likeness (QED) is 0.631. The van der Waals surface area contributed by atoms with Crippen molar-refractivity contribution < 1.29 is 9.72 Å². The fraction of sp³-hybridized carbons (Fsp3) is 0.500. The number of nitro benzene ring substituents is 1. The van der Waals surface area contributed by atoms with Gasteiger partial charge in [-0.3, -0.25) is 14.9 Å². The third-order valence-electron chi connectivity index (χ3n) is 3.69. The van der Waals surface area contributed by atoms with E-state index in [1.54, 1.807) is 0 Å². The van der Waals surface area contributed by atoms with E-state index in [0.29, 0.717) is 16.0 Å². The van der Waals surface area contributed by atoms with Gasteiger partial charge in [0.05, 0.1) is 10.5 Å². The monoisotopic (exact) mass is 391 g/mol. The molecule has 2 rings (SSSR count). The lowest BCUT2D eigenvalue weighted by Crippen LogP contribution is -2.42. The maximum absolute atomic E-state index is 12.6. The first kappa shape index (κ1) is 18.9. The molecule has 1 heterocycles. The van der Waals surface area contributed by atoms with E-state index >= 15 is 0 Å². The predicted molar refractivity (Wildman–Crippen MR) is 90.6 cm³/mol. The van der Waals surface area contributed by atoms with Gasteiger partial charge in [0.2, 0.25) is 0 Å². The van der Waals surface area contributed by atoms with Gasteiger partial charge in [-0.1, -0.05) is 0 Å². The van der Waals surface area contributed by atoms with Gasteiger partial charge in [0.1, 0.15) is 0 Å². The number of rotatable bonds is 4. The van der Waals surface area contributed by atoms with Crippen LogP contribution >= 0.6 is 28.3 Å². The Morgan fingerprint density at radius 3 is 2.86 bits per heavy atom. The zero-order valence-electron chi connectivity index (χ0n) is 12.3. The number of hydrogen-bond acceptors (Lipinski definition) is 4. The molecule has 1 aliphatic heterocycles. The molecule has 0 radical (unpaired) electrons. The number of amides is 1. The summed E-state index contributed by atoms with van der Waals surface area (Å²) >= 11 is 3.26. The Balaban J connectivity index is 0.00000242. The first-order valence-corrected chi connectivity index (χ1v) is 7.70. The van der Waals surface area contributed by atoms with E-state index in [1.165, 1.54) is 18.2 Å². The van der Waals surface area contributed by atoms with E-state index in [0.717, 1.165) is 32.5 Å². The largest absolute Gasteiger partial charge is 0.338 e. The number of nitrogens with one attached hydrogen (secondary N) is 1. The van der Waals surface area contributed by atoms with Crippen molar-refractivity contribution >= 4 is 39.9 Å². The van der Waals surface area contributed by atoms with Crippen LogP contribution in [-0.2, 0) is 0 Å². The number of hydrogen-bond donors (Lipinski definition) is 1. The molecular formula is C14H19BrClN3O3. The van der Waals surface area contributed by atoms with Crippen LogP contribution in [0.4, 0.5) is 5.69 Å². The zero-order valence-corrected chi connectivity index (χ0v) is 14.7. The lowest BCUT2D eigenvalue weighted by Gasteiger charge is -2.33. The minimum Gasteiger partial charge on any atom is -0.338 e. The number of likely N-dealkylation sites (tertiary alicyclic amines) is 1. The minimum absolute atomic E-state index is 0. The van der Waals surface area contributed by atoms with E-state index in [9.17, 15) is 14.9 Å². The normalized spacial score (nSPS) is 17.7. The lowest BCUT2D eigenvalue weighted by atomic mass is 9.97. The Morgan fingerprint density at radius 2 is 2.27 bits per heavy atom. The van der Waals surface area contributed by atoms with Gasteiger partial charge in [0.25, 0.3) is 11.6 Å². The molecular weight excluding hydrogens is 374 g/mol.